The number of carbonyl (C=O) groups excluding carboxylic acids is 1. The van der Waals surface area contributed by atoms with E-state index >= 15 is 0 Å². The molecule has 8 nitrogen and oxygen atoms in total. The van der Waals surface area contributed by atoms with Crippen molar-refractivity contribution in [3.63, 3.8) is 0 Å². The van der Waals surface area contributed by atoms with Crippen molar-refractivity contribution in [2.75, 3.05) is 19.0 Å². The molecule has 0 bridgehead atoms. The lowest BCUT2D eigenvalue weighted by Crippen LogP contribution is -2.18. The normalized spacial score (nSPS) is 10.7. The molecule has 154 valence electrons. The number of thiocarbonyl (C=S) groups is 1. The second kappa shape index (κ2) is 9.66. The first-order valence-electron chi connectivity index (χ1n) is 9.10. The summed E-state index contributed by atoms with van der Waals surface area (Å²) in [6.07, 6.45) is 1.25. The van der Waals surface area contributed by atoms with E-state index in [1.807, 2.05) is 18.2 Å². The van der Waals surface area contributed by atoms with Crippen molar-refractivity contribution in [3.8, 4) is 11.4 Å². The topological polar surface area (TPSA) is 97.7 Å². The van der Waals surface area contributed by atoms with Crippen molar-refractivity contribution in [2.24, 2.45) is 4.99 Å². The maximum Gasteiger partial charge on any atom is 0.357 e. The van der Waals surface area contributed by atoms with Gasteiger partial charge in [0.2, 0.25) is 0 Å². The number of para-hydroxylation sites is 3. The molecule has 0 aliphatic carbocycles. The highest BCUT2D eigenvalue weighted by Gasteiger charge is 2.21. The SMILES string of the molecule is CCOC(=O)c1[nH]n(-c2ccccc2)c(=O)c1C=NC(=S)Nc1ccccc1OC. The van der Waals surface area contributed by atoms with Gasteiger partial charge in [0.15, 0.2) is 10.8 Å². The summed E-state index contributed by atoms with van der Waals surface area (Å²) < 4.78 is 11.6. The number of aliphatic imine (C=N–C) groups is 1. The molecule has 0 aliphatic rings. The number of nitrogens with zero attached hydrogens (tertiary/aromatic N) is 2. The molecule has 1 heterocycles. The zero-order valence-corrected chi connectivity index (χ0v) is 17.2. The molecule has 9 heteroatoms. The molecule has 0 aliphatic heterocycles. The van der Waals surface area contributed by atoms with Crippen molar-refractivity contribution in [1.29, 1.82) is 0 Å². The van der Waals surface area contributed by atoms with Gasteiger partial charge in [-0.05, 0) is 43.4 Å². The van der Waals surface area contributed by atoms with Gasteiger partial charge >= 0.3 is 5.97 Å². The molecule has 0 unspecified atom stereocenters. The molecule has 0 atom stereocenters. The summed E-state index contributed by atoms with van der Waals surface area (Å²) in [6.45, 7) is 1.85. The number of esters is 1. The van der Waals surface area contributed by atoms with Crippen LogP contribution in [-0.2, 0) is 4.74 Å². The molecule has 0 saturated heterocycles. The van der Waals surface area contributed by atoms with Crippen LogP contribution in [0.5, 0.6) is 5.75 Å². The van der Waals surface area contributed by atoms with Crippen LogP contribution in [0.3, 0.4) is 0 Å². The first kappa shape index (κ1) is 21.0. The Balaban J connectivity index is 1.93. The van der Waals surface area contributed by atoms with E-state index in [4.69, 9.17) is 21.7 Å². The Hall–Kier alpha value is -3.72. The number of hydrogen-bond acceptors (Lipinski definition) is 5. The third-order valence-electron chi connectivity index (χ3n) is 4.08. The Morgan fingerprint density at radius 3 is 2.60 bits per heavy atom. The highest BCUT2D eigenvalue weighted by molar-refractivity contribution is 7.80. The highest BCUT2D eigenvalue weighted by atomic mass is 32.1. The van der Waals surface area contributed by atoms with Gasteiger partial charge in [0.1, 0.15) is 5.75 Å². The van der Waals surface area contributed by atoms with Gasteiger partial charge in [-0.25, -0.2) is 14.5 Å². The number of rotatable bonds is 6. The van der Waals surface area contributed by atoms with Gasteiger partial charge in [-0.2, -0.15) is 0 Å². The average Bonchev–Trinajstić information content (AvgIpc) is 3.10. The van der Waals surface area contributed by atoms with E-state index in [2.05, 4.69) is 15.4 Å². The maximum absolute atomic E-state index is 12.9. The smallest absolute Gasteiger partial charge is 0.357 e. The van der Waals surface area contributed by atoms with Gasteiger partial charge in [-0.1, -0.05) is 30.3 Å². The fourth-order valence-corrected chi connectivity index (χ4v) is 2.87. The van der Waals surface area contributed by atoms with Crippen molar-refractivity contribution in [1.82, 2.24) is 9.78 Å². The fourth-order valence-electron chi connectivity index (χ4n) is 2.71. The van der Waals surface area contributed by atoms with Crippen molar-refractivity contribution in [2.45, 2.75) is 6.92 Å². The average molecular weight is 424 g/mol. The van der Waals surface area contributed by atoms with E-state index in [1.54, 1.807) is 50.4 Å². The maximum atomic E-state index is 12.9. The van der Waals surface area contributed by atoms with E-state index in [0.717, 1.165) is 0 Å². The van der Waals surface area contributed by atoms with Crippen LogP contribution in [0.25, 0.3) is 5.69 Å². The minimum absolute atomic E-state index is 0.00505. The third kappa shape index (κ3) is 4.64. The van der Waals surface area contributed by atoms with Gasteiger partial charge in [-0.3, -0.25) is 9.89 Å². The van der Waals surface area contributed by atoms with Crippen LogP contribution in [0.4, 0.5) is 5.69 Å². The minimum atomic E-state index is -0.658. The number of anilines is 1. The summed E-state index contributed by atoms with van der Waals surface area (Å²) in [5, 5.41) is 5.83. The lowest BCUT2D eigenvalue weighted by atomic mass is 10.2. The number of benzene rings is 2. The molecular formula is C21H20N4O4S. The van der Waals surface area contributed by atoms with Gasteiger partial charge < -0.3 is 14.8 Å². The van der Waals surface area contributed by atoms with E-state index in [1.165, 1.54) is 10.9 Å². The fraction of sp³-hybridized carbons (Fsp3) is 0.143. The Bertz CT molecular complexity index is 1140. The van der Waals surface area contributed by atoms with Crippen molar-refractivity contribution >= 4 is 35.2 Å². The molecule has 2 aromatic carbocycles. The van der Waals surface area contributed by atoms with Gasteiger partial charge in [0.25, 0.3) is 5.56 Å². The number of hydrogen-bond donors (Lipinski definition) is 2. The van der Waals surface area contributed by atoms with Crippen LogP contribution < -0.4 is 15.6 Å². The van der Waals surface area contributed by atoms with E-state index in [9.17, 15) is 9.59 Å². The van der Waals surface area contributed by atoms with Gasteiger partial charge in [0.05, 0.1) is 30.7 Å². The Morgan fingerprint density at radius 2 is 1.90 bits per heavy atom. The number of carbonyl (C=O) groups is 1. The molecule has 0 spiro atoms. The predicted molar refractivity (Wildman–Crippen MR) is 119 cm³/mol. The molecular weight excluding hydrogens is 404 g/mol. The summed E-state index contributed by atoms with van der Waals surface area (Å²) in [6, 6.07) is 16.1. The number of aromatic nitrogens is 2. The number of aromatic amines is 1. The summed E-state index contributed by atoms with van der Waals surface area (Å²) in [4.78, 5) is 29.4. The van der Waals surface area contributed by atoms with Crippen LogP contribution in [0.1, 0.15) is 23.0 Å². The number of H-pyrrole nitrogens is 1. The molecule has 3 aromatic rings. The van der Waals surface area contributed by atoms with E-state index in [-0.39, 0.29) is 23.0 Å². The third-order valence-corrected chi connectivity index (χ3v) is 4.29. The quantitative estimate of drug-likeness (QED) is 0.358. The summed E-state index contributed by atoms with van der Waals surface area (Å²) in [7, 11) is 1.55. The number of nitrogens with one attached hydrogen (secondary N) is 2. The monoisotopic (exact) mass is 424 g/mol. The van der Waals surface area contributed by atoms with Crippen LogP contribution in [0.2, 0.25) is 0 Å². The first-order chi connectivity index (χ1) is 14.5. The van der Waals surface area contributed by atoms with E-state index in [0.29, 0.717) is 17.1 Å². The standard InChI is InChI=1S/C21H20N4O4S/c1-3-29-20(27)18-15(19(26)25(24-18)14-9-5-4-6-10-14)13-22-21(30)23-16-11-7-8-12-17(16)28-2/h4-13,24H,3H2,1-2H3,(H,23,30). The zero-order chi connectivity index (χ0) is 21.5. The van der Waals surface area contributed by atoms with Crippen molar-refractivity contribution < 1.29 is 14.3 Å². The molecule has 2 N–H and O–H groups in total. The molecule has 0 amide bonds. The van der Waals surface area contributed by atoms with Crippen LogP contribution in [0.15, 0.2) is 64.4 Å². The molecule has 0 radical (unpaired) electrons. The second-order valence-corrected chi connectivity index (χ2v) is 6.37. The Kier molecular flexibility index (Phi) is 6.76. The molecule has 1 aromatic heterocycles. The second-order valence-electron chi connectivity index (χ2n) is 5.99. The van der Waals surface area contributed by atoms with Crippen LogP contribution in [0, 0.1) is 0 Å². The van der Waals surface area contributed by atoms with Gasteiger partial charge in [-0.15, -0.1) is 0 Å². The first-order valence-corrected chi connectivity index (χ1v) is 9.51. The Labute approximate surface area is 178 Å². The lowest BCUT2D eigenvalue weighted by molar-refractivity contribution is 0.0519. The Morgan fingerprint density at radius 1 is 1.20 bits per heavy atom. The summed E-state index contributed by atoms with van der Waals surface area (Å²) in [5.41, 5.74) is 0.787. The molecule has 3 rings (SSSR count). The molecule has 0 saturated carbocycles. The van der Waals surface area contributed by atoms with Gasteiger partial charge in [0, 0.05) is 6.21 Å². The predicted octanol–water partition coefficient (Wildman–Crippen LogP) is 3.17. The largest absolute Gasteiger partial charge is 0.495 e. The lowest BCUT2D eigenvalue weighted by Gasteiger charge is -2.08. The van der Waals surface area contributed by atoms with E-state index < -0.39 is 11.5 Å². The summed E-state index contributed by atoms with van der Waals surface area (Å²) in [5.74, 6) is -0.0651. The zero-order valence-electron chi connectivity index (χ0n) is 16.4. The number of ether oxygens (including phenoxy) is 2. The van der Waals surface area contributed by atoms with Crippen molar-refractivity contribution in [3.05, 3.63) is 76.2 Å². The highest BCUT2D eigenvalue weighted by Crippen LogP contribution is 2.23. The van der Waals surface area contributed by atoms with Crippen LogP contribution >= 0.6 is 12.2 Å². The molecule has 0 fully saturated rings. The molecule has 30 heavy (non-hydrogen) atoms. The minimum Gasteiger partial charge on any atom is -0.495 e. The summed E-state index contributed by atoms with van der Waals surface area (Å²) >= 11 is 5.25. The van der Waals surface area contributed by atoms with Crippen LogP contribution in [-0.4, -0.2) is 40.8 Å². The number of methoxy groups -OCH3 is 1.